The maximum absolute atomic E-state index is 13.6. The molecule has 1 aliphatic rings. The fourth-order valence-electron chi connectivity index (χ4n) is 4.86. The molecule has 1 aliphatic carbocycles. The molecule has 0 radical (unpaired) electrons. The predicted molar refractivity (Wildman–Crippen MR) is 187 cm³/mol. The van der Waals surface area contributed by atoms with Gasteiger partial charge in [-0.25, -0.2) is 9.78 Å². The molecule has 0 unspecified atom stereocenters. The van der Waals surface area contributed by atoms with Gasteiger partial charge in [-0.05, 0) is 55.5 Å². The third-order valence-electron chi connectivity index (χ3n) is 7.95. The normalized spacial score (nSPS) is 12.8. The molecule has 3 aromatic carbocycles. The monoisotopic (exact) mass is 664 g/mol. The van der Waals surface area contributed by atoms with Crippen molar-refractivity contribution in [2.24, 2.45) is 0 Å². The van der Waals surface area contributed by atoms with Gasteiger partial charge in [-0.2, -0.15) is 0 Å². The van der Waals surface area contributed by atoms with Crippen molar-refractivity contribution in [2.45, 2.75) is 64.9 Å². The van der Waals surface area contributed by atoms with Crippen molar-refractivity contribution in [2.75, 3.05) is 11.1 Å². The summed E-state index contributed by atoms with van der Waals surface area (Å²) in [7, 11) is 0. The van der Waals surface area contributed by atoms with E-state index in [1.54, 1.807) is 42.5 Å². The number of rotatable bonds is 13. The average molecular weight is 665 g/mol. The van der Waals surface area contributed by atoms with Crippen molar-refractivity contribution in [3.05, 3.63) is 112 Å². The minimum Gasteiger partial charge on any atom is -0.444 e. The molecule has 7 N–H and O–H groups in total. The lowest BCUT2D eigenvalue weighted by atomic mass is 10.1. The Morgan fingerprint density at radius 2 is 1.76 bits per heavy atom. The van der Waals surface area contributed by atoms with Crippen LogP contribution in [-0.4, -0.2) is 45.4 Å². The SMILES string of the molecule is CC[C@H](C)NC(=O)c1cc(N)cc(-c2cnc(NC3CC3)c(=O)n2CC(=O)NCc2ccc(C(=N)NC(=O)OCc3ccccc3)cc2)c1. The number of alkyl carbamates (subject to hydrolysis) is 1. The highest BCUT2D eigenvalue weighted by Crippen LogP contribution is 2.26. The van der Waals surface area contributed by atoms with Crippen LogP contribution >= 0.6 is 0 Å². The Hall–Kier alpha value is -5.98. The van der Waals surface area contributed by atoms with Crippen LogP contribution in [-0.2, 0) is 29.2 Å². The van der Waals surface area contributed by atoms with Crippen molar-refractivity contribution in [1.82, 2.24) is 25.5 Å². The quantitative estimate of drug-likeness (QED) is 0.0697. The van der Waals surface area contributed by atoms with Crippen LogP contribution in [0.4, 0.5) is 16.3 Å². The topological polar surface area (TPSA) is 193 Å². The Labute approximate surface area is 283 Å². The minimum absolute atomic E-state index is 0.0392. The third-order valence-corrected chi connectivity index (χ3v) is 7.95. The number of carbonyl (C=O) groups excluding carboxylic acids is 3. The number of hydrogen-bond acceptors (Lipinski definition) is 9. The van der Waals surface area contributed by atoms with Crippen LogP contribution in [0.5, 0.6) is 0 Å². The van der Waals surface area contributed by atoms with Crippen LogP contribution < -0.4 is 32.6 Å². The van der Waals surface area contributed by atoms with Gasteiger partial charge in [0.15, 0.2) is 5.82 Å². The number of carbonyl (C=O) groups is 3. The molecule has 0 saturated heterocycles. The van der Waals surface area contributed by atoms with Crippen LogP contribution in [0.3, 0.4) is 0 Å². The molecular weight excluding hydrogens is 624 g/mol. The Morgan fingerprint density at radius 3 is 2.45 bits per heavy atom. The maximum atomic E-state index is 13.6. The van der Waals surface area contributed by atoms with E-state index in [-0.39, 0.29) is 49.3 Å². The molecule has 254 valence electrons. The van der Waals surface area contributed by atoms with Gasteiger partial charge in [0.25, 0.3) is 11.5 Å². The van der Waals surface area contributed by atoms with Crippen molar-refractivity contribution in [3.63, 3.8) is 0 Å². The number of hydrogen-bond donors (Lipinski definition) is 6. The molecule has 0 aliphatic heterocycles. The highest BCUT2D eigenvalue weighted by atomic mass is 16.5. The van der Waals surface area contributed by atoms with Crippen LogP contribution in [0, 0.1) is 5.41 Å². The highest BCUT2D eigenvalue weighted by Gasteiger charge is 2.24. The molecule has 0 bridgehead atoms. The van der Waals surface area contributed by atoms with Crippen LogP contribution in [0.15, 0.2) is 83.8 Å². The number of amidine groups is 1. The molecule has 49 heavy (non-hydrogen) atoms. The number of nitrogen functional groups attached to an aromatic ring is 1. The first-order valence-corrected chi connectivity index (χ1v) is 16.1. The molecule has 1 aromatic heterocycles. The zero-order valence-corrected chi connectivity index (χ0v) is 27.4. The highest BCUT2D eigenvalue weighted by molar-refractivity contribution is 6.04. The summed E-state index contributed by atoms with van der Waals surface area (Å²) in [5, 5.41) is 19.5. The lowest BCUT2D eigenvalue weighted by Gasteiger charge is -2.17. The average Bonchev–Trinajstić information content (AvgIpc) is 3.92. The zero-order valence-electron chi connectivity index (χ0n) is 27.4. The number of nitrogens with two attached hydrogens (primary N) is 1. The summed E-state index contributed by atoms with van der Waals surface area (Å²) < 4.78 is 6.50. The van der Waals surface area contributed by atoms with E-state index in [0.717, 1.165) is 30.4 Å². The molecule has 13 nitrogen and oxygen atoms in total. The first kappa shape index (κ1) is 34.4. The summed E-state index contributed by atoms with van der Waals surface area (Å²) in [6.07, 6.45) is 3.38. The van der Waals surface area contributed by atoms with Gasteiger partial charge in [0, 0.05) is 41.0 Å². The smallest absolute Gasteiger partial charge is 0.413 e. The van der Waals surface area contributed by atoms with E-state index in [9.17, 15) is 19.2 Å². The molecular formula is C36H40N8O5. The molecule has 5 rings (SSSR count). The predicted octanol–water partition coefficient (Wildman–Crippen LogP) is 4.16. The van der Waals surface area contributed by atoms with Crippen molar-refractivity contribution in [3.8, 4) is 11.3 Å². The second-order valence-corrected chi connectivity index (χ2v) is 12.0. The van der Waals surface area contributed by atoms with E-state index >= 15 is 0 Å². The zero-order chi connectivity index (χ0) is 34.9. The number of nitrogens with zero attached hydrogens (tertiary/aromatic N) is 2. The van der Waals surface area contributed by atoms with Gasteiger partial charge in [-0.3, -0.25) is 29.7 Å². The second kappa shape index (κ2) is 15.7. The molecule has 0 spiro atoms. The Morgan fingerprint density at radius 1 is 1.02 bits per heavy atom. The van der Waals surface area contributed by atoms with Crippen LogP contribution in [0.2, 0.25) is 0 Å². The van der Waals surface area contributed by atoms with Crippen molar-refractivity contribution in [1.29, 1.82) is 5.41 Å². The lowest BCUT2D eigenvalue weighted by molar-refractivity contribution is -0.121. The van der Waals surface area contributed by atoms with Gasteiger partial charge < -0.3 is 26.4 Å². The van der Waals surface area contributed by atoms with E-state index in [1.807, 2.05) is 44.2 Å². The van der Waals surface area contributed by atoms with Gasteiger partial charge >= 0.3 is 6.09 Å². The molecule has 3 amide bonds. The first-order chi connectivity index (χ1) is 23.6. The standard InChI is InChI=1S/C36H40N8O5/c1-3-22(2)41-34(46)27-15-26(16-28(37)17-27)30-19-40-33(42-29-13-14-29)35(47)44(30)20-31(45)39-18-23-9-11-25(12-10-23)32(38)43-36(48)49-21-24-7-5-4-6-8-24/h4-12,15-17,19,22,29H,3,13-14,18,20-21,37H2,1-2H3,(H,39,45)(H,40,42)(H,41,46)(H2,38,43,48)/t22-/m0/s1. The summed E-state index contributed by atoms with van der Waals surface area (Å²) in [6, 6.07) is 20.9. The molecule has 1 heterocycles. The number of amides is 3. The summed E-state index contributed by atoms with van der Waals surface area (Å²) in [5.74, 6) is -0.705. The van der Waals surface area contributed by atoms with E-state index in [2.05, 4.69) is 26.3 Å². The van der Waals surface area contributed by atoms with Gasteiger partial charge in [0.2, 0.25) is 5.91 Å². The fraction of sp³-hybridized carbons (Fsp3) is 0.278. The number of ether oxygens (including phenoxy) is 1. The largest absolute Gasteiger partial charge is 0.444 e. The Bertz CT molecular complexity index is 1890. The second-order valence-electron chi connectivity index (χ2n) is 12.0. The van der Waals surface area contributed by atoms with Crippen molar-refractivity contribution < 1.29 is 19.1 Å². The summed E-state index contributed by atoms with van der Waals surface area (Å²) in [4.78, 5) is 56.2. The molecule has 1 saturated carbocycles. The number of nitrogens with one attached hydrogen (secondary N) is 5. The molecule has 1 fully saturated rings. The van der Waals surface area contributed by atoms with Crippen LogP contribution in [0.25, 0.3) is 11.3 Å². The molecule has 1 atom stereocenters. The van der Waals surface area contributed by atoms with E-state index in [4.69, 9.17) is 15.9 Å². The van der Waals surface area contributed by atoms with E-state index < -0.39 is 17.6 Å². The van der Waals surface area contributed by atoms with Crippen LogP contribution in [0.1, 0.15) is 60.2 Å². The molecule has 13 heteroatoms. The number of benzene rings is 3. The van der Waals surface area contributed by atoms with Crippen molar-refractivity contribution >= 4 is 35.2 Å². The van der Waals surface area contributed by atoms with Gasteiger partial charge in [-0.1, -0.05) is 61.5 Å². The Balaban J connectivity index is 1.25. The first-order valence-electron chi connectivity index (χ1n) is 16.1. The molecule has 4 aromatic rings. The van der Waals surface area contributed by atoms with Gasteiger partial charge in [0.1, 0.15) is 19.0 Å². The maximum Gasteiger partial charge on any atom is 0.413 e. The number of aromatic nitrogens is 2. The minimum atomic E-state index is -0.741. The van der Waals surface area contributed by atoms with Gasteiger partial charge in [-0.15, -0.1) is 0 Å². The van der Waals surface area contributed by atoms with E-state index in [0.29, 0.717) is 28.1 Å². The Kier molecular flexibility index (Phi) is 11.0. The summed E-state index contributed by atoms with van der Waals surface area (Å²) in [6.45, 7) is 3.80. The van der Waals surface area contributed by atoms with Gasteiger partial charge in [0.05, 0.1) is 11.9 Å². The summed E-state index contributed by atoms with van der Waals surface area (Å²) in [5.41, 5.74) is 9.19. The third kappa shape index (κ3) is 9.53. The van der Waals surface area contributed by atoms with E-state index in [1.165, 1.54) is 10.8 Å². The fourth-order valence-corrected chi connectivity index (χ4v) is 4.86. The lowest BCUT2D eigenvalue weighted by Crippen LogP contribution is -2.34. The summed E-state index contributed by atoms with van der Waals surface area (Å²) >= 11 is 0. The number of anilines is 2.